The molecule has 0 aliphatic carbocycles. The third-order valence-electron chi connectivity index (χ3n) is 3.64. The number of hydrogen-bond donors (Lipinski definition) is 1. The van der Waals surface area contributed by atoms with Crippen LogP contribution in [0.4, 0.5) is 0 Å². The fourth-order valence-corrected chi connectivity index (χ4v) is 5.72. The Morgan fingerprint density at radius 2 is 2.00 bits per heavy atom. The average molecular weight is 313 g/mol. The Morgan fingerprint density at radius 1 is 1.25 bits per heavy atom. The van der Waals surface area contributed by atoms with E-state index in [1.54, 1.807) is 14.2 Å². The van der Waals surface area contributed by atoms with Crippen LogP contribution in [0.15, 0.2) is 18.2 Å². The van der Waals surface area contributed by atoms with Crippen molar-refractivity contribution in [2.24, 2.45) is 5.73 Å². The maximum Gasteiger partial charge on any atom is 0.123 e. The predicted molar refractivity (Wildman–Crippen MR) is 89.3 cm³/mol. The summed E-state index contributed by atoms with van der Waals surface area (Å²) in [6.45, 7) is 2.24. The molecule has 3 nitrogen and oxygen atoms in total. The number of benzene rings is 1. The van der Waals surface area contributed by atoms with Crippen molar-refractivity contribution in [2.75, 3.05) is 25.7 Å². The highest BCUT2D eigenvalue weighted by Crippen LogP contribution is 2.41. The Balaban J connectivity index is 2.28. The second-order valence-electron chi connectivity index (χ2n) is 4.79. The number of methoxy groups -OCH3 is 2. The zero-order valence-corrected chi connectivity index (χ0v) is 13.9. The van der Waals surface area contributed by atoms with Crippen LogP contribution in [0.5, 0.6) is 11.5 Å². The van der Waals surface area contributed by atoms with Gasteiger partial charge < -0.3 is 15.2 Å². The lowest BCUT2D eigenvalue weighted by Crippen LogP contribution is -2.35. The van der Waals surface area contributed by atoms with Gasteiger partial charge in [-0.3, -0.25) is 0 Å². The smallest absolute Gasteiger partial charge is 0.123 e. The lowest BCUT2D eigenvalue weighted by Gasteiger charge is -2.34. The SMILES string of the molecule is CCC1SCCSC1C(N)c1cc(OC)ccc1OC. The number of nitrogens with two attached hydrogens (primary N) is 1. The summed E-state index contributed by atoms with van der Waals surface area (Å²) >= 11 is 4.03. The highest BCUT2D eigenvalue weighted by Gasteiger charge is 2.32. The summed E-state index contributed by atoms with van der Waals surface area (Å²) < 4.78 is 10.8. The summed E-state index contributed by atoms with van der Waals surface area (Å²) in [5, 5.41) is 1.04. The van der Waals surface area contributed by atoms with E-state index in [9.17, 15) is 0 Å². The topological polar surface area (TPSA) is 44.5 Å². The minimum absolute atomic E-state index is 0.0252. The fourth-order valence-electron chi connectivity index (χ4n) is 2.55. The second kappa shape index (κ2) is 7.48. The summed E-state index contributed by atoms with van der Waals surface area (Å²) in [6.07, 6.45) is 1.16. The summed E-state index contributed by atoms with van der Waals surface area (Å²) in [5.74, 6) is 4.08. The lowest BCUT2D eigenvalue weighted by molar-refractivity contribution is 0.394. The first-order valence-corrected chi connectivity index (χ1v) is 9.01. The van der Waals surface area contributed by atoms with Crippen molar-refractivity contribution < 1.29 is 9.47 Å². The molecule has 0 bridgehead atoms. The van der Waals surface area contributed by atoms with Gasteiger partial charge in [0, 0.05) is 33.6 Å². The van der Waals surface area contributed by atoms with E-state index in [0.29, 0.717) is 10.5 Å². The Hall–Kier alpha value is -0.520. The first-order valence-electron chi connectivity index (χ1n) is 6.92. The van der Waals surface area contributed by atoms with Crippen molar-refractivity contribution in [1.29, 1.82) is 0 Å². The van der Waals surface area contributed by atoms with Crippen molar-refractivity contribution >= 4 is 23.5 Å². The third-order valence-corrected chi connectivity index (χ3v) is 7.02. The minimum Gasteiger partial charge on any atom is -0.497 e. The third kappa shape index (κ3) is 3.38. The largest absolute Gasteiger partial charge is 0.497 e. The maximum absolute atomic E-state index is 6.57. The van der Waals surface area contributed by atoms with Gasteiger partial charge in [-0.1, -0.05) is 6.92 Å². The van der Waals surface area contributed by atoms with Gasteiger partial charge in [0.1, 0.15) is 11.5 Å². The van der Waals surface area contributed by atoms with Crippen molar-refractivity contribution in [1.82, 2.24) is 0 Å². The van der Waals surface area contributed by atoms with Gasteiger partial charge in [0.25, 0.3) is 0 Å². The van der Waals surface area contributed by atoms with E-state index in [0.717, 1.165) is 23.5 Å². The molecule has 0 radical (unpaired) electrons. The highest BCUT2D eigenvalue weighted by atomic mass is 32.2. The molecule has 1 saturated heterocycles. The summed E-state index contributed by atoms with van der Waals surface area (Å²) in [7, 11) is 3.37. The van der Waals surface area contributed by atoms with E-state index in [4.69, 9.17) is 15.2 Å². The number of ether oxygens (including phenoxy) is 2. The van der Waals surface area contributed by atoms with E-state index in [1.165, 1.54) is 11.5 Å². The van der Waals surface area contributed by atoms with E-state index in [-0.39, 0.29) is 6.04 Å². The van der Waals surface area contributed by atoms with Crippen LogP contribution in [-0.4, -0.2) is 36.2 Å². The zero-order chi connectivity index (χ0) is 14.5. The molecule has 20 heavy (non-hydrogen) atoms. The quantitative estimate of drug-likeness (QED) is 0.903. The molecular formula is C15H23NO2S2. The van der Waals surface area contributed by atoms with Gasteiger partial charge in [-0.15, -0.1) is 0 Å². The van der Waals surface area contributed by atoms with Gasteiger partial charge in [-0.05, 0) is 24.6 Å². The Kier molecular flexibility index (Phi) is 5.93. The van der Waals surface area contributed by atoms with Crippen molar-refractivity contribution in [3.63, 3.8) is 0 Å². The zero-order valence-electron chi connectivity index (χ0n) is 12.3. The molecule has 3 atom stereocenters. The van der Waals surface area contributed by atoms with Crippen molar-refractivity contribution in [2.45, 2.75) is 29.9 Å². The molecule has 1 aromatic carbocycles. The number of rotatable bonds is 5. The van der Waals surface area contributed by atoms with Gasteiger partial charge in [-0.2, -0.15) is 23.5 Å². The molecular weight excluding hydrogens is 290 g/mol. The van der Waals surface area contributed by atoms with Gasteiger partial charge in [0.05, 0.1) is 14.2 Å². The van der Waals surface area contributed by atoms with Crippen molar-refractivity contribution in [3.05, 3.63) is 23.8 Å². The lowest BCUT2D eigenvalue weighted by atomic mass is 9.99. The Labute approximate surface area is 130 Å². The number of hydrogen-bond acceptors (Lipinski definition) is 5. The van der Waals surface area contributed by atoms with E-state index in [1.807, 2.05) is 41.7 Å². The minimum atomic E-state index is -0.0252. The standard InChI is InChI=1S/C15H23NO2S2/c1-4-13-15(20-8-7-19-13)14(16)11-9-10(17-2)5-6-12(11)18-3/h5-6,9,13-15H,4,7-8,16H2,1-3H3. The normalized spacial score (nSPS) is 24.2. The molecule has 1 aliphatic heterocycles. The van der Waals surface area contributed by atoms with Crippen LogP contribution in [0.2, 0.25) is 0 Å². The Morgan fingerprint density at radius 3 is 2.65 bits per heavy atom. The molecule has 2 N–H and O–H groups in total. The molecule has 1 fully saturated rings. The van der Waals surface area contributed by atoms with E-state index >= 15 is 0 Å². The van der Waals surface area contributed by atoms with E-state index < -0.39 is 0 Å². The molecule has 0 amide bonds. The summed E-state index contributed by atoms with van der Waals surface area (Å²) in [4.78, 5) is 0. The van der Waals surface area contributed by atoms with Crippen molar-refractivity contribution in [3.8, 4) is 11.5 Å². The van der Waals surface area contributed by atoms with Crippen LogP contribution in [-0.2, 0) is 0 Å². The van der Waals surface area contributed by atoms with Crippen LogP contribution in [0.1, 0.15) is 24.9 Å². The average Bonchev–Trinajstić information content (AvgIpc) is 2.53. The molecule has 112 valence electrons. The maximum atomic E-state index is 6.57. The Bertz CT molecular complexity index is 442. The van der Waals surface area contributed by atoms with Crippen LogP contribution < -0.4 is 15.2 Å². The van der Waals surface area contributed by atoms with E-state index in [2.05, 4.69) is 6.92 Å². The summed E-state index contributed by atoms with van der Waals surface area (Å²) in [5.41, 5.74) is 7.61. The molecule has 3 unspecified atom stereocenters. The van der Waals surface area contributed by atoms with Gasteiger partial charge >= 0.3 is 0 Å². The van der Waals surface area contributed by atoms with Crippen LogP contribution >= 0.6 is 23.5 Å². The highest BCUT2D eigenvalue weighted by molar-refractivity contribution is 8.07. The first kappa shape index (κ1) is 15.9. The predicted octanol–water partition coefficient (Wildman–Crippen LogP) is 3.33. The summed E-state index contributed by atoms with van der Waals surface area (Å²) in [6, 6.07) is 5.84. The van der Waals surface area contributed by atoms with Gasteiger partial charge in [0.2, 0.25) is 0 Å². The van der Waals surface area contributed by atoms with Gasteiger partial charge in [0.15, 0.2) is 0 Å². The monoisotopic (exact) mass is 313 g/mol. The fraction of sp³-hybridized carbons (Fsp3) is 0.600. The molecule has 1 aliphatic rings. The molecule has 0 aromatic heterocycles. The number of thioether (sulfide) groups is 2. The molecule has 0 saturated carbocycles. The van der Waals surface area contributed by atoms with Gasteiger partial charge in [-0.25, -0.2) is 0 Å². The molecule has 1 heterocycles. The first-order chi connectivity index (χ1) is 9.71. The van der Waals surface area contributed by atoms with Crippen LogP contribution in [0.3, 0.4) is 0 Å². The molecule has 2 rings (SSSR count). The second-order valence-corrected chi connectivity index (χ2v) is 7.42. The molecule has 5 heteroatoms. The molecule has 1 aromatic rings. The van der Waals surface area contributed by atoms with Crippen LogP contribution in [0.25, 0.3) is 0 Å². The molecule has 0 spiro atoms. The van der Waals surface area contributed by atoms with Crippen LogP contribution in [0, 0.1) is 0 Å².